The molecule has 0 atom stereocenters. The quantitative estimate of drug-likeness (QED) is 0.775. The highest BCUT2D eigenvalue weighted by Crippen LogP contribution is 2.29. The van der Waals surface area contributed by atoms with Crippen molar-refractivity contribution in [3.63, 3.8) is 0 Å². The van der Waals surface area contributed by atoms with Crippen LogP contribution >= 0.6 is 0 Å². The maximum absolute atomic E-state index is 9.44. The lowest BCUT2D eigenvalue weighted by Crippen LogP contribution is -1.83. The van der Waals surface area contributed by atoms with Crippen LogP contribution < -0.4 is 0 Å². The van der Waals surface area contributed by atoms with Gasteiger partial charge in [-0.05, 0) is 44.0 Å². The van der Waals surface area contributed by atoms with Gasteiger partial charge in [0, 0.05) is 5.56 Å². The first-order chi connectivity index (χ1) is 7.09. The van der Waals surface area contributed by atoms with Crippen molar-refractivity contribution < 1.29 is 9.63 Å². The van der Waals surface area contributed by atoms with E-state index in [2.05, 4.69) is 5.16 Å². The average Bonchev–Trinajstić information content (AvgIpc) is 2.52. The molecule has 1 N–H and O–H groups in total. The van der Waals surface area contributed by atoms with Crippen LogP contribution in [-0.4, -0.2) is 10.3 Å². The molecule has 78 valence electrons. The molecule has 0 aliphatic rings. The van der Waals surface area contributed by atoms with Crippen LogP contribution in [0.2, 0.25) is 0 Å². The van der Waals surface area contributed by atoms with Crippen LogP contribution in [-0.2, 0) is 0 Å². The Balaban J connectivity index is 2.59. The SMILES string of the molecule is Cc1cc(-c2c(C)noc2C)ccc1O. The Hall–Kier alpha value is -1.77. The Kier molecular flexibility index (Phi) is 2.23. The first-order valence-electron chi connectivity index (χ1n) is 4.82. The number of nitrogens with zero attached hydrogens (tertiary/aromatic N) is 1. The lowest BCUT2D eigenvalue weighted by Gasteiger charge is -2.03. The van der Waals surface area contributed by atoms with E-state index in [1.54, 1.807) is 6.07 Å². The van der Waals surface area contributed by atoms with Crippen LogP contribution in [0, 0.1) is 20.8 Å². The number of aromatic nitrogens is 1. The van der Waals surface area contributed by atoms with Crippen molar-refractivity contribution in [2.24, 2.45) is 0 Å². The van der Waals surface area contributed by atoms with Crippen LogP contribution in [0.5, 0.6) is 5.75 Å². The fourth-order valence-electron chi connectivity index (χ4n) is 1.71. The Morgan fingerprint density at radius 3 is 2.47 bits per heavy atom. The third-order valence-corrected chi connectivity index (χ3v) is 2.52. The van der Waals surface area contributed by atoms with E-state index in [-0.39, 0.29) is 0 Å². The van der Waals surface area contributed by atoms with Crippen molar-refractivity contribution in [1.82, 2.24) is 5.16 Å². The predicted octanol–water partition coefficient (Wildman–Crippen LogP) is 2.97. The van der Waals surface area contributed by atoms with E-state index in [4.69, 9.17) is 4.52 Å². The first-order valence-corrected chi connectivity index (χ1v) is 4.82. The van der Waals surface area contributed by atoms with Crippen LogP contribution in [0.3, 0.4) is 0 Å². The van der Waals surface area contributed by atoms with Crippen molar-refractivity contribution in [3.05, 3.63) is 35.2 Å². The van der Waals surface area contributed by atoms with Crippen molar-refractivity contribution in [1.29, 1.82) is 0 Å². The van der Waals surface area contributed by atoms with Gasteiger partial charge in [-0.2, -0.15) is 0 Å². The molecule has 0 saturated carbocycles. The monoisotopic (exact) mass is 203 g/mol. The van der Waals surface area contributed by atoms with Gasteiger partial charge < -0.3 is 9.63 Å². The number of phenols is 1. The maximum Gasteiger partial charge on any atom is 0.141 e. The van der Waals surface area contributed by atoms with Gasteiger partial charge in [0.2, 0.25) is 0 Å². The number of hydrogen-bond donors (Lipinski definition) is 1. The molecule has 0 aliphatic heterocycles. The number of benzene rings is 1. The number of hydrogen-bond acceptors (Lipinski definition) is 3. The zero-order valence-electron chi connectivity index (χ0n) is 9.03. The molecule has 1 aromatic carbocycles. The molecule has 2 aromatic rings. The molecule has 1 aromatic heterocycles. The summed E-state index contributed by atoms with van der Waals surface area (Å²) < 4.78 is 5.11. The summed E-state index contributed by atoms with van der Waals surface area (Å²) in [5.41, 5.74) is 3.77. The molecule has 0 saturated heterocycles. The minimum Gasteiger partial charge on any atom is -0.508 e. The summed E-state index contributed by atoms with van der Waals surface area (Å²) in [7, 11) is 0. The van der Waals surface area contributed by atoms with Crippen LogP contribution in [0.25, 0.3) is 11.1 Å². The molecule has 0 radical (unpaired) electrons. The Morgan fingerprint density at radius 2 is 1.93 bits per heavy atom. The summed E-state index contributed by atoms with van der Waals surface area (Å²) in [6, 6.07) is 5.49. The molecular formula is C12H13NO2. The fourth-order valence-corrected chi connectivity index (χ4v) is 1.71. The van der Waals surface area contributed by atoms with E-state index < -0.39 is 0 Å². The lowest BCUT2D eigenvalue weighted by atomic mass is 10.0. The summed E-state index contributed by atoms with van der Waals surface area (Å²) in [4.78, 5) is 0. The topological polar surface area (TPSA) is 46.3 Å². The molecule has 3 nitrogen and oxygen atoms in total. The van der Waals surface area contributed by atoms with E-state index >= 15 is 0 Å². The van der Waals surface area contributed by atoms with Crippen molar-refractivity contribution >= 4 is 0 Å². The molecule has 0 fully saturated rings. The van der Waals surface area contributed by atoms with Crippen LogP contribution in [0.15, 0.2) is 22.7 Å². The highest BCUT2D eigenvalue weighted by atomic mass is 16.5. The van der Waals surface area contributed by atoms with Crippen molar-refractivity contribution in [2.75, 3.05) is 0 Å². The highest BCUT2D eigenvalue weighted by molar-refractivity contribution is 5.69. The third kappa shape index (κ3) is 1.61. The first kappa shape index (κ1) is 9.77. The second-order valence-electron chi connectivity index (χ2n) is 3.70. The zero-order valence-corrected chi connectivity index (χ0v) is 9.03. The predicted molar refractivity (Wildman–Crippen MR) is 57.8 cm³/mol. The summed E-state index contributed by atoms with van der Waals surface area (Å²) in [5.74, 6) is 1.11. The second kappa shape index (κ2) is 3.42. The summed E-state index contributed by atoms with van der Waals surface area (Å²) in [6.07, 6.45) is 0. The van der Waals surface area contributed by atoms with E-state index in [0.717, 1.165) is 28.1 Å². The van der Waals surface area contributed by atoms with Crippen molar-refractivity contribution in [2.45, 2.75) is 20.8 Å². The maximum atomic E-state index is 9.44. The summed E-state index contributed by atoms with van der Waals surface area (Å²) in [6.45, 7) is 5.67. The molecule has 0 aliphatic carbocycles. The fraction of sp³-hybridized carbons (Fsp3) is 0.250. The second-order valence-corrected chi connectivity index (χ2v) is 3.70. The van der Waals surface area contributed by atoms with E-state index in [0.29, 0.717) is 5.75 Å². The molecular weight excluding hydrogens is 190 g/mol. The average molecular weight is 203 g/mol. The van der Waals surface area contributed by atoms with Gasteiger partial charge in [-0.25, -0.2) is 0 Å². The minimum absolute atomic E-state index is 0.311. The minimum atomic E-state index is 0.311. The molecule has 0 amide bonds. The number of aryl methyl sites for hydroxylation is 3. The van der Waals surface area contributed by atoms with Gasteiger partial charge in [-0.1, -0.05) is 11.2 Å². The lowest BCUT2D eigenvalue weighted by molar-refractivity contribution is 0.393. The normalized spacial score (nSPS) is 10.6. The number of phenolic OH excluding ortho intramolecular Hbond substituents is 1. The largest absolute Gasteiger partial charge is 0.508 e. The number of aromatic hydroxyl groups is 1. The Morgan fingerprint density at radius 1 is 1.20 bits per heavy atom. The van der Waals surface area contributed by atoms with E-state index in [1.807, 2.05) is 32.9 Å². The molecule has 2 rings (SSSR count). The zero-order chi connectivity index (χ0) is 11.0. The molecule has 15 heavy (non-hydrogen) atoms. The van der Waals surface area contributed by atoms with Crippen LogP contribution in [0.1, 0.15) is 17.0 Å². The Labute approximate surface area is 88.3 Å². The highest BCUT2D eigenvalue weighted by Gasteiger charge is 2.11. The van der Waals surface area contributed by atoms with E-state index in [9.17, 15) is 5.11 Å². The molecule has 0 spiro atoms. The number of rotatable bonds is 1. The van der Waals surface area contributed by atoms with E-state index in [1.165, 1.54) is 0 Å². The smallest absolute Gasteiger partial charge is 0.141 e. The summed E-state index contributed by atoms with van der Waals surface area (Å²) >= 11 is 0. The van der Waals surface area contributed by atoms with Gasteiger partial charge in [-0.3, -0.25) is 0 Å². The van der Waals surface area contributed by atoms with Gasteiger partial charge in [-0.15, -0.1) is 0 Å². The molecule has 1 heterocycles. The Bertz CT molecular complexity index is 481. The standard InChI is InChI=1S/C12H13NO2/c1-7-6-10(4-5-11(7)14)12-8(2)13-15-9(12)3/h4-6,14H,1-3H3. The van der Waals surface area contributed by atoms with Gasteiger partial charge in [0.25, 0.3) is 0 Å². The van der Waals surface area contributed by atoms with Gasteiger partial charge in [0.1, 0.15) is 11.5 Å². The molecule has 3 heteroatoms. The van der Waals surface area contributed by atoms with Gasteiger partial charge >= 0.3 is 0 Å². The molecule has 0 bridgehead atoms. The third-order valence-electron chi connectivity index (χ3n) is 2.52. The van der Waals surface area contributed by atoms with Crippen LogP contribution in [0.4, 0.5) is 0 Å². The van der Waals surface area contributed by atoms with Crippen molar-refractivity contribution in [3.8, 4) is 16.9 Å². The van der Waals surface area contributed by atoms with Gasteiger partial charge in [0.05, 0.1) is 5.69 Å². The molecule has 0 unspecified atom stereocenters. The summed E-state index contributed by atoms with van der Waals surface area (Å²) in [5, 5.41) is 13.3. The van der Waals surface area contributed by atoms with Gasteiger partial charge in [0.15, 0.2) is 0 Å².